The number of para-hydroxylation sites is 1. The topological polar surface area (TPSA) is 104 Å². The van der Waals surface area contributed by atoms with Crippen LogP contribution in [0.1, 0.15) is 31.2 Å². The quantitative estimate of drug-likeness (QED) is 0.493. The molecule has 1 aromatic heterocycles. The van der Waals surface area contributed by atoms with Crippen LogP contribution >= 0.6 is 27.7 Å². The van der Waals surface area contributed by atoms with Gasteiger partial charge in [0, 0.05) is 16.6 Å². The summed E-state index contributed by atoms with van der Waals surface area (Å²) in [4.78, 5) is 44.3. The molecular weight excluding hydrogens is 420 g/mol. The largest absolute Gasteiger partial charge is 0.325 e. The zero-order valence-electron chi connectivity index (χ0n) is 14.0. The van der Waals surface area contributed by atoms with E-state index < -0.39 is 17.4 Å². The van der Waals surface area contributed by atoms with Gasteiger partial charge in [-0.1, -0.05) is 30.8 Å². The number of nitrogens with one attached hydrogen (secondary N) is 3. The normalized spacial score (nSPS) is 15.9. The van der Waals surface area contributed by atoms with Crippen molar-refractivity contribution in [2.24, 2.45) is 0 Å². The molecule has 0 spiro atoms. The first kappa shape index (κ1) is 18.7. The van der Waals surface area contributed by atoms with Gasteiger partial charge in [0.2, 0.25) is 11.8 Å². The van der Waals surface area contributed by atoms with Gasteiger partial charge >= 0.3 is 0 Å². The van der Waals surface area contributed by atoms with Crippen molar-refractivity contribution < 1.29 is 9.59 Å². The maximum absolute atomic E-state index is 12.7. The van der Waals surface area contributed by atoms with Gasteiger partial charge in [0.05, 0.1) is 17.2 Å². The first-order valence-corrected chi connectivity index (χ1v) is 9.89. The molecule has 1 aromatic carbocycles. The molecule has 136 valence electrons. The summed E-state index contributed by atoms with van der Waals surface area (Å²) in [5.41, 5.74) is 0.362. The minimum absolute atomic E-state index is 0.102. The third kappa shape index (κ3) is 3.99. The molecule has 26 heavy (non-hydrogen) atoms. The number of halogens is 1. The zero-order chi connectivity index (χ0) is 18.7. The number of nitrogens with zero attached hydrogens (tertiary/aromatic N) is 1. The van der Waals surface area contributed by atoms with Gasteiger partial charge in [-0.15, -0.1) is 0 Å². The molecule has 0 unspecified atom stereocenters. The first-order valence-electron chi connectivity index (χ1n) is 8.11. The number of rotatable bonds is 5. The molecule has 2 amide bonds. The van der Waals surface area contributed by atoms with E-state index in [0.717, 1.165) is 12.2 Å². The van der Waals surface area contributed by atoms with Crippen molar-refractivity contribution in [3.63, 3.8) is 0 Å². The van der Waals surface area contributed by atoms with Gasteiger partial charge in [0.15, 0.2) is 5.16 Å². The maximum Gasteiger partial charge on any atom is 0.257 e. The lowest BCUT2D eigenvalue weighted by atomic mass is 9.92. The number of carbonyl (C=O) groups is 2. The van der Waals surface area contributed by atoms with E-state index in [9.17, 15) is 14.4 Å². The van der Waals surface area contributed by atoms with Crippen LogP contribution in [0.15, 0.2) is 38.7 Å². The van der Waals surface area contributed by atoms with Gasteiger partial charge in [-0.05, 0) is 34.5 Å². The zero-order valence-corrected chi connectivity index (χ0v) is 16.4. The summed E-state index contributed by atoms with van der Waals surface area (Å²) < 4.78 is 0.715. The molecule has 0 saturated carbocycles. The van der Waals surface area contributed by atoms with E-state index in [4.69, 9.17) is 0 Å². The number of thioether (sulfide) groups is 1. The summed E-state index contributed by atoms with van der Waals surface area (Å²) in [5.74, 6) is -0.700. The lowest BCUT2D eigenvalue weighted by Crippen LogP contribution is -2.36. The molecule has 9 heteroatoms. The molecule has 1 aliphatic heterocycles. The average Bonchev–Trinajstić information content (AvgIpc) is 2.60. The second-order valence-electron chi connectivity index (χ2n) is 5.76. The number of hydrogen-bond acceptors (Lipinski definition) is 5. The Hall–Kier alpha value is -2.13. The fourth-order valence-corrected chi connectivity index (χ4v) is 3.73. The van der Waals surface area contributed by atoms with Crippen LogP contribution < -0.4 is 16.2 Å². The fraction of sp³-hybridized carbons (Fsp3) is 0.294. The van der Waals surface area contributed by atoms with Gasteiger partial charge in [-0.3, -0.25) is 14.4 Å². The number of aromatic nitrogens is 2. The monoisotopic (exact) mass is 436 g/mol. The van der Waals surface area contributed by atoms with Crippen LogP contribution in [0.4, 0.5) is 11.5 Å². The molecule has 3 N–H and O–H groups in total. The number of benzene rings is 1. The van der Waals surface area contributed by atoms with Crippen LogP contribution in [-0.4, -0.2) is 27.5 Å². The van der Waals surface area contributed by atoms with Crippen molar-refractivity contribution in [3.05, 3.63) is 44.7 Å². The van der Waals surface area contributed by atoms with Crippen molar-refractivity contribution in [1.82, 2.24) is 9.97 Å². The van der Waals surface area contributed by atoms with Crippen molar-refractivity contribution in [1.29, 1.82) is 0 Å². The van der Waals surface area contributed by atoms with Crippen LogP contribution in [0.5, 0.6) is 0 Å². The molecule has 3 rings (SSSR count). The molecule has 0 fully saturated rings. The highest BCUT2D eigenvalue weighted by atomic mass is 79.9. The number of anilines is 2. The Bertz CT molecular complexity index is 915. The van der Waals surface area contributed by atoms with Crippen molar-refractivity contribution >= 4 is 51.0 Å². The lowest BCUT2D eigenvalue weighted by molar-refractivity contribution is -0.123. The summed E-state index contributed by atoms with van der Waals surface area (Å²) in [6, 6.07) is 7.14. The van der Waals surface area contributed by atoms with Crippen LogP contribution in [0.25, 0.3) is 0 Å². The Morgan fingerprint density at radius 2 is 2.15 bits per heavy atom. The highest BCUT2D eigenvalue weighted by Gasteiger charge is 2.34. The molecule has 0 saturated heterocycles. The van der Waals surface area contributed by atoms with Gasteiger partial charge in [-0.2, -0.15) is 0 Å². The predicted octanol–water partition coefficient (Wildman–Crippen LogP) is 3.10. The third-order valence-corrected chi connectivity index (χ3v) is 5.59. The average molecular weight is 437 g/mol. The molecule has 0 aliphatic carbocycles. The summed E-state index contributed by atoms with van der Waals surface area (Å²) in [6.07, 6.45) is 0.824. The van der Waals surface area contributed by atoms with Gasteiger partial charge in [0.1, 0.15) is 5.82 Å². The first-order chi connectivity index (χ1) is 12.5. The summed E-state index contributed by atoms with van der Waals surface area (Å²) in [5, 5.41) is 5.80. The van der Waals surface area contributed by atoms with E-state index >= 15 is 0 Å². The second kappa shape index (κ2) is 8.05. The number of fused-ring (bicyclic) bond motifs is 1. The Morgan fingerprint density at radius 1 is 1.38 bits per heavy atom. The highest BCUT2D eigenvalue weighted by Crippen LogP contribution is 2.31. The van der Waals surface area contributed by atoms with Crippen LogP contribution in [0.2, 0.25) is 0 Å². The number of amides is 2. The SMILES string of the molecule is CCCSc1nc2c(c(=O)[nH]1)[C@H](C(=O)Nc1ccccc1Br)CC(=O)N2. The van der Waals surface area contributed by atoms with E-state index in [0.29, 0.717) is 15.3 Å². The Balaban J connectivity index is 1.93. The summed E-state index contributed by atoms with van der Waals surface area (Å²) in [7, 11) is 0. The van der Waals surface area contributed by atoms with Gasteiger partial charge in [-0.25, -0.2) is 4.98 Å². The number of aromatic amines is 1. The molecule has 7 nitrogen and oxygen atoms in total. The minimum Gasteiger partial charge on any atom is -0.325 e. The summed E-state index contributed by atoms with van der Waals surface area (Å²) >= 11 is 4.76. The van der Waals surface area contributed by atoms with Crippen molar-refractivity contribution in [3.8, 4) is 0 Å². The van der Waals surface area contributed by atoms with Crippen LogP contribution in [0, 0.1) is 0 Å². The molecule has 0 radical (unpaired) electrons. The summed E-state index contributed by atoms with van der Waals surface area (Å²) in [6.45, 7) is 2.02. The van der Waals surface area contributed by atoms with E-state index in [1.807, 2.05) is 13.0 Å². The fourth-order valence-electron chi connectivity index (χ4n) is 2.62. The van der Waals surface area contributed by atoms with E-state index in [-0.39, 0.29) is 23.7 Å². The van der Waals surface area contributed by atoms with Crippen molar-refractivity contribution in [2.45, 2.75) is 30.8 Å². The molecule has 0 bridgehead atoms. The maximum atomic E-state index is 12.7. The Morgan fingerprint density at radius 3 is 2.88 bits per heavy atom. The molecule has 1 atom stereocenters. The minimum atomic E-state index is -0.896. The lowest BCUT2D eigenvalue weighted by Gasteiger charge is -2.23. The van der Waals surface area contributed by atoms with E-state index in [1.165, 1.54) is 11.8 Å². The van der Waals surface area contributed by atoms with Gasteiger partial charge in [0.25, 0.3) is 5.56 Å². The third-order valence-electron chi connectivity index (χ3n) is 3.82. The van der Waals surface area contributed by atoms with Crippen LogP contribution in [-0.2, 0) is 9.59 Å². The molecule has 2 aromatic rings. The van der Waals surface area contributed by atoms with Gasteiger partial charge < -0.3 is 15.6 Å². The second-order valence-corrected chi connectivity index (χ2v) is 7.69. The standard InChI is InChI=1S/C17H17BrN4O3S/c1-2-7-26-17-21-14-13(16(25)22-17)9(8-12(23)20-14)15(24)19-11-6-4-3-5-10(11)18/h3-6,9H,2,7-8H2,1H3,(H,19,24)(H2,20,21,22,23,25)/t9-/m1/s1. The smallest absolute Gasteiger partial charge is 0.257 e. The highest BCUT2D eigenvalue weighted by molar-refractivity contribution is 9.10. The molecule has 1 aliphatic rings. The number of carbonyl (C=O) groups excluding carboxylic acids is 2. The Labute approximate surface area is 162 Å². The molecular formula is C17H17BrN4O3S. The van der Waals surface area contributed by atoms with Crippen LogP contribution in [0.3, 0.4) is 0 Å². The predicted molar refractivity (Wildman–Crippen MR) is 105 cm³/mol. The Kier molecular flexibility index (Phi) is 5.77. The molecule has 2 heterocycles. The van der Waals surface area contributed by atoms with Crippen molar-refractivity contribution in [2.75, 3.05) is 16.4 Å². The van der Waals surface area contributed by atoms with E-state index in [1.54, 1.807) is 18.2 Å². The number of hydrogen-bond donors (Lipinski definition) is 3. The number of H-pyrrole nitrogens is 1. The van der Waals surface area contributed by atoms with E-state index in [2.05, 4.69) is 36.5 Å².